The van der Waals surface area contributed by atoms with Crippen LogP contribution in [0.5, 0.6) is 0 Å². The fourth-order valence-electron chi connectivity index (χ4n) is 1.35. The molecule has 0 saturated heterocycles. The number of anilines is 1. The van der Waals surface area contributed by atoms with Gasteiger partial charge in [-0.1, -0.05) is 0 Å². The first-order chi connectivity index (χ1) is 8.45. The lowest BCUT2D eigenvalue weighted by molar-refractivity contribution is -0.137. The van der Waals surface area contributed by atoms with Crippen molar-refractivity contribution in [1.29, 1.82) is 0 Å². The molecule has 1 aromatic heterocycles. The normalized spacial score (nSPS) is 11.3. The molecule has 1 heterocycles. The van der Waals surface area contributed by atoms with Crippen molar-refractivity contribution in [2.24, 2.45) is 5.73 Å². The Kier molecular flexibility index (Phi) is 4.27. The third kappa shape index (κ3) is 3.22. The van der Waals surface area contributed by atoms with Gasteiger partial charge >= 0.3 is 5.97 Å². The number of carboxylic acids is 1. The van der Waals surface area contributed by atoms with Crippen molar-refractivity contribution >= 4 is 17.7 Å². The molecular formula is C12H13N3O3. The Morgan fingerprint density at radius 1 is 1.61 bits per heavy atom. The summed E-state index contributed by atoms with van der Waals surface area (Å²) in [5.41, 5.74) is 5.94. The summed E-state index contributed by atoms with van der Waals surface area (Å²) in [5, 5.41) is 11.6. The van der Waals surface area contributed by atoms with Gasteiger partial charge in [0.25, 0.3) is 5.91 Å². The highest BCUT2D eigenvalue weighted by Gasteiger charge is 2.19. The summed E-state index contributed by atoms with van der Waals surface area (Å²) in [5.74, 6) is 0.571. The molecule has 6 heteroatoms. The summed E-state index contributed by atoms with van der Waals surface area (Å²) in [6.07, 6.45) is 5.06. The second kappa shape index (κ2) is 5.68. The van der Waals surface area contributed by atoms with Gasteiger partial charge in [0.1, 0.15) is 11.9 Å². The molecule has 1 aromatic rings. The number of aromatic nitrogens is 1. The van der Waals surface area contributed by atoms with Gasteiger partial charge in [-0.25, -0.2) is 9.78 Å². The SMILES string of the molecule is C#CCC(Nc1nc(C)ccc1C(N)=O)C(=O)O. The van der Waals surface area contributed by atoms with Crippen molar-refractivity contribution in [2.45, 2.75) is 19.4 Å². The highest BCUT2D eigenvalue weighted by molar-refractivity contribution is 5.98. The molecule has 1 atom stereocenters. The van der Waals surface area contributed by atoms with Gasteiger partial charge in [0, 0.05) is 12.1 Å². The number of nitrogens with zero attached hydrogens (tertiary/aromatic N) is 1. The number of nitrogens with two attached hydrogens (primary N) is 1. The van der Waals surface area contributed by atoms with Crippen LogP contribution in [0.25, 0.3) is 0 Å². The number of nitrogens with one attached hydrogen (secondary N) is 1. The van der Waals surface area contributed by atoms with Crippen LogP contribution in [-0.4, -0.2) is 28.0 Å². The first-order valence-electron chi connectivity index (χ1n) is 5.16. The maximum absolute atomic E-state index is 11.2. The molecule has 0 radical (unpaired) electrons. The molecule has 6 nitrogen and oxygen atoms in total. The monoisotopic (exact) mass is 247 g/mol. The average Bonchev–Trinajstić information content (AvgIpc) is 2.28. The average molecular weight is 247 g/mol. The Labute approximate surface area is 104 Å². The minimum Gasteiger partial charge on any atom is -0.480 e. The third-order valence-corrected chi connectivity index (χ3v) is 2.23. The number of aliphatic carboxylic acids is 1. The van der Waals surface area contributed by atoms with Gasteiger partial charge in [0.05, 0.1) is 5.56 Å². The van der Waals surface area contributed by atoms with Crippen LogP contribution in [0.4, 0.5) is 5.82 Å². The Balaban J connectivity index is 3.08. The van der Waals surface area contributed by atoms with E-state index >= 15 is 0 Å². The van der Waals surface area contributed by atoms with E-state index in [0.717, 1.165) is 0 Å². The van der Waals surface area contributed by atoms with Crippen LogP contribution in [0.3, 0.4) is 0 Å². The third-order valence-electron chi connectivity index (χ3n) is 2.23. The Morgan fingerprint density at radius 3 is 2.78 bits per heavy atom. The fraction of sp³-hybridized carbons (Fsp3) is 0.250. The lowest BCUT2D eigenvalue weighted by Gasteiger charge is -2.14. The van der Waals surface area contributed by atoms with Crippen LogP contribution in [0.1, 0.15) is 22.5 Å². The van der Waals surface area contributed by atoms with Gasteiger partial charge in [-0.2, -0.15) is 0 Å². The van der Waals surface area contributed by atoms with E-state index in [0.29, 0.717) is 5.69 Å². The lowest BCUT2D eigenvalue weighted by Crippen LogP contribution is -2.30. The molecule has 1 amide bonds. The molecule has 94 valence electrons. The van der Waals surface area contributed by atoms with Gasteiger partial charge in [0.15, 0.2) is 0 Å². The van der Waals surface area contributed by atoms with Gasteiger partial charge in [0.2, 0.25) is 0 Å². The van der Waals surface area contributed by atoms with Gasteiger partial charge in [-0.15, -0.1) is 12.3 Å². The minimum absolute atomic E-state index is 0.0246. The first-order valence-corrected chi connectivity index (χ1v) is 5.16. The summed E-state index contributed by atoms with van der Waals surface area (Å²) >= 11 is 0. The number of rotatable bonds is 5. The van der Waals surface area contributed by atoms with E-state index in [9.17, 15) is 9.59 Å². The van der Waals surface area contributed by atoms with Crippen LogP contribution in [0.2, 0.25) is 0 Å². The number of aryl methyl sites for hydroxylation is 1. The van der Waals surface area contributed by atoms with Crippen LogP contribution < -0.4 is 11.1 Å². The lowest BCUT2D eigenvalue weighted by atomic mass is 10.1. The quantitative estimate of drug-likeness (QED) is 0.652. The predicted octanol–water partition coefficient (Wildman–Crippen LogP) is 0.377. The van der Waals surface area contributed by atoms with E-state index in [-0.39, 0.29) is 17.8 Å². The van der Waals surface area contributed by atoms with E-state index in [1.54, 1.807) is 13.0 Å². The van der Waals surface area contributed by atoms with Gasteiger partial charge in [-0.05, 0) is 19.1 Å². The molecule has 1 rings (SSSR count). The fourth-order valence-corrected chi connectivity index (χ4v) is 1.35. The number of carbonyl (C=O) groups is 2. The number of amides is 1. The summed E-state index contributed by atoms with van der Waals surface area (Å²) in [6, 6.07) is 2.09. The molecule has 4 N–H and O–H groups in total. The molecular weight excluding hydrogens is 234 g/mol. The molecule has 0 saturated carbocycles. The predicted molar refractivity (Wildman–Crippen MR) is 66.0 cm³/mol. The van der Waals surface area contributed by atoms with Crippen LogP contribution in [-0.2, 0) is 4.79 Å². The Hall–Kier alpha value is -2.55. The second-order valence-electron chi connectivity index (χ2n) is 3.66. The second-order valence-corrected chi connectivity index (χ2v) is 3.66. The zero-order chi connectivity index (χ0) is 13.7. The molecule has 0 fully saturated rings. The summed E-state index contributed by atoms with van der Waals surface area (Å²) in [4.78, 5) is 26.2. The first kappa shape index (κ1) is 13.5. The Morgan fingerprint density at radius 2 is 2.28 bits per heavy atom. The van der Waals surface area contributed by atoms with Gasteiger partial charge in [-0.3, -0.25) is 4.79 Å². The minimum atomic E-state index is -1.12. The number of carbonyl (C=O) groups excluding carboxylic acids is 1. The highest BCUT2D eigenvalue weighted by Crippen LogP contribution is 2.15. The highest BCUT2D eigenvalue weighted by atomic mass is 16.4. The number of pyridine rings is 1. The topological polar surface area (TPSA) is 105 Å². The number of carboxylic acid groups (broad SMARTS) is 1. The maximum Gasteiger partial charge on any atom is 0.327 e. The molecule has 0 aliphatic heterocycles. The summed E-state index contributed by atoms with van der Waals surface area (Å²) in [7, 11) is 0. The number of terminal acetylenes is 1. The van der Waals surface area contributed by atoms with Crippen molar-refractivity contribution in [2.75, 3.05) is 5.32 Å². The Bertz CT molecular complexity index is 520. The molecule has 0 aromatic carbocycles. The largest absolute Gasteiger partial charge is 0.480 e. The van der Waals surface area contributed by atoms with Crippen molar-refractivity contribution in [3.63, 3.8) is 0 Å². The van der Waals surface area contributed by atoms with Gasteiger partial charge < -0.3 is 16.2 Å². The van der Waals surface area contributed by atoms with E-state index in [4.69, 9.17) is 17.3 Å². The van der Waals surface area contributed by atoms with Crippen LogP contribution in [0, 0.1) is 19.3 Å². The van der Waals surface area contributed by atoms with E-state index in [2.05, 4.69) is 16.2 Å². The summed E-state index contributed by atoms with van der Waals surface area (Å²) in [6.45, 7) is 1.72. The number of hydrogen-bond donors (Lipinski definition) is 3. The number of primary amides is 1. The summed E-state index contributed by atoms with van der Waals surface area (Å²) < 4.78 is 0. The smallest absolute Gasteiger partial charge is 0.327 e. The van der Waals surface area contributed by atoms with Crippen molar-refractivity contribution in [3.8, 4) is 12.3 Å². The molecule has 0 aliphatic rings. The molecule has 0 spiro atoms. The van der Waals surface area contributed by atoms with Crippen LogP contribution in [0.15, 0.2) is 12.1 Å². The van der Waals surface area contributed by atoms with Crippen molar-refractivity contribution in [3.05, 3.63) is 23.4 Å². The molecule has 1 unspecified atom stereocenters. The van der Waals surface area contributed by atoms with Crippen molar-refractivity contribution in [1.82, 2.24) is 4.98 Å². The van der Waals surface area contributed by atoms with E-state index < -0.39 is 17.9 Å². The maximum atomic E-state index is 11.2. The molecule has 0 aliphatic carbocycles. The van der Waals surface area contributed by atoms with E-state index in [1.807, 2.05) is 0 Å². The van der Waals surface area contributed by atoms with Crippen molar-refractivity contribution < 1.29 is 14.7 Å². The molecule has 18 heavy (non-hydrogen) atoms. The number of hydrogen-bond acceptors (Lipinski definition) is 4. The molecule has 0 bridgehead atoms. The standard InChI is InChI=1S/C12H13N3O3/c1-3-4-9(12(17)18)15-11-8(10(13)16)6-5-7(2)14-11/h1,5-6,9H,4H2,2H3,(H2,13,16)(H,14,15)(H,17,18). The zero-order valence-electron chi connectivity index (χ0n) is 9.80. The van der Waals surface area contributed by atoms with Crippen LogP contribution >= 0.6 is 0 Å². The van der Waals surface area contributed by atoms with E-state index in [1.165, 1.54) is 6.07 Å². The zero-order valence-corrected chi connectivity index (χ0v) is 9.80.